The second kappa shape index (κ2) is 5.33. The normalized spacial score (nSPS) is 23.0. The number of rotatable bonds is 3. The molecule has 0 bridgehead atoms. The molecule has 0 amide bonds. The van der Waals surface area contributed by atoms with E-state index >= 15 is 0 Å². The Morgan fingerprint density at radius 3 is 2.89 bits per heavy atom. The lowest BCUT2D eigenvalue weighted by Gasteiger charge is -2.36. The highest BCUT2D eigenvalue weighted by Gasteiger charge is 2.28. The van der Waals surface area contributed by atoms with Gasteiger partial charge < -0.3 is 10.1 Å². The predicted molar refractivity (Wildman–Crippen MR) is 66.3 cm³/mol. The summed E-state index contributed by atoms with van der Waals surface area (Å²) < 4.78 is 32.1. The number of hydrogen-bond acceptors (Lipinski definition) is 2. The van der Waals surface area contributed by atoms with Gasteiger partial charge in [-0.3, -0.25) is 0 Å². The van der Waals surface area contributed by atoms with Crippen molar-refractivity contribution in [3.63, 3.8) is 0 Å². The molecule has 1 unspecified atom stereocenters. The van der Waals surface area contributed by atoms with Crippen LogP contribution in [-0.4, -0.2) is 18.2 Å². The minimum Gasteiger partial charge on any atom is -0.375 e. The molecule has 18 heavy (non-hydrogen) atoms. The summed E-state index contributed by atoms with van der Waals surface area (Å²) in [6, 6.07) is 3.83. The van der Waals surface area contributed by atoms with Crippen LogP contribution in [0.4, 0.5) is 8.78 Å². The molecule has 0 aliphatic carbocycles. The first-order valence-corrected chi connectivity index (χ1v) is 6.27. The fourth-order valence-electron chi connectivity index (χ4n) is 2.34. The van der Waals surface area contributed by atoms with Crippen molar-refractivity contribution in [3.05, 3.63) is 35.4 Å². The van der Waals surface area contributed by atoms with Crippen molar-refractivity contribution in [2.75, 3.05) is 6.61 Å². The third-order valence-corrected chi connectivity index (χ3v) is 3.29. The summed E-state index contributed by atoms with van der Waals surface area (Å²) in [5.41, 5.74) is 0.232. The Hall–Kier alpha value is -1.00. The third-order valence-electron chi connectivity index (χ3n) is 3.29. The van der Waals surface area contributed by atoms with Crippen LogP contribution in [0.2, 0.25) is 0 Å². The fourth-order valence-corrected chi connectivity index (χ4v) is 2.34. The third kappa shape index (κ3) is 3.50. The largest absolute Gasteiger partial charge is 0.375 e. The van der Waals surface area contributed by atoms with Crippen molar-refractivity contribution >= 4 is 0 Å². The van der Waals surface area contributed by atoms with Gasteiger partial charge in [-0.05, 0) is 44.9 Å². The molecule has 1 saturated heterocycles. The van der Waals surface area contributed by atoms with E-state index < -0.39 is 5.82 Å². The summed E-state index contributed by atoms with van der Waals surface area (Å²) in [4.78, 5) is 0. The zero-order chi connectivity index (χ0) is 13.2. The number of hydrogen-bond donors (Lipinski definition) is 1. The molecule has 1 fully saturated rings. The van der Waals surface area contributed by atoms with Crippen molar-refractivity contribution in [2.24, 2.45) is 0 Å². The van der Waals surface area contributed by atoms with Gasteiger partial charge in [0.15, 0.2) is 0 Å². The van der Waals surface area contributed by atoms with Gasteiger partial charge in [-0.1, -0.05) is 0 Å². The minimum absolute atomic E-state index is 0.142. The van der Waals surface area contributed by atoms with Crippen LogP contribution >= 0.6 is 0 Å². The van der Waals surface area contributed by atoms with Crippen LogP contribution in [0.5, 0.6) is 0 Å². The highest BCUT2D eigenvalue weighted by molar-refractivity contribution is 5.18. The van der Waals surface area contributed by atoms with E-state index in [0.717, 1.165) is 18.9 Å². The summed E-state index contributed by atoms with van der Waals surface area (Å²) >= 11 is 0. The van der Waals surface area contributed by atoms with E-state index in [1.165, 1.54) is 12.1 Å². The molecule has 0 saturated carbocycles. The first kappa shape index (κ1) is 13.4. The molecule has 1 N–H and O–H groups in total. The zero-order valence-corrected chi connectivity index (χ0v) is 10.8. The second-order valence-corrected chi connectivity index (χ2v) is 5.41. The van der Waals surface area contributed by atoms with Gasteiger partial charge in [-0.25, -0.2) is 8.78 Å². The van der Waals surface area contributed by atoms with Gasteiger partial charge in [0.1, 0.15) is 11.6 Å². The van der Waals surface area contributed by atoms with Crippen LogP contribution in [-0.2, 0) is 11.3 Å². The summed E-state index contributed by atoms with van der Waals surface area (Å²) in [5.74, 6) is -0.768. The topological polar surface area (TPSA) is 21.3 Å². The van der Waals surface area contributed by atoms with Gasteiger partial charge in [0.05, 0.1) is 5.60 Å². The summed E-state index contributed by atoms with van der Waals surface area (Å²) in [6.45, 7) is 5.15. The van der Waals surface area contributed by atoms with Gasteiger partial charge in [-0.15, -0.1) is 0 Å². The number of benzene rings is 1. The number of halogens is 2. The van der Waals surface area contributed by atoms with E-state index in [9.17, 15) is 8.78 Å². The molecule has 2 nitrogen and oxygen atoms in total. The molecule has 1 aliphatic heterocycles. The molecule has 1 aromatic rings. The molecule has 1 atom stereocenters. The number of nitrogens with one attached hydrogen (secondary N) is 1. The van der Waals surface area contributed by atoms with Crippen LogP contribution in [0.25, 0.3) is 0 Å². The van der Waals surface area contributed by atoms with E-state index in [1.54, 1.807) is 0 Å². The van der Waals surface area contributed by atoms with Crippen LogP contribution in [0, 0.1) is 11.6 Å². The molecule has 4 heteroatoms. The van der Waals surface area contributed by atoms with Gasteiger partial charge in [-0.2, -0.15) is 0 Å². The van der Waals surface area contributed by atoms with Gasteiger partial charge >= 0.3 is 0 Å². The molecule has 0 spiro atoms. The van der Waals surface area contributed by atoms with Crippen molar-refractivity contribution in [3.8, 4) is 0 Å². The second-order valence-electron chi connectivity index (χ2n) is 5.41. The Kier molecular flexibility index (Phi) is 3.97. The van der Waals surface area contributed by atoms with Crippen LogP contribution in [0.15, 0.2) is 18.2 Å². The lowest BCUT2D eigenvalue weighted by atomic mass is 9.94. The Morgan fingerprint density at radius 2 is 2.17 bits per heavy atom. The Bertz CT molecular complexity index is 420. The highest BCUT2D eigenvalue weighted by atomic mass is 19.1. The Labute approximate surface area is 106 Å². The quantitative estimate of drug-likeness (QED) is 0.896. The first-order valence-electron chi connectivity index (χ1n) is 6.27. The van der Waals surface area contributed by atoms with Crippen molar-refractivity contribution in [1.29, 1.82) is 0 Å². The average Bonchev–Trinajstić information content (AvgIpc) is 2.29. The maximum absolute atomic E-state index is 13.4. The SMILES string of the molecule is CC1(C)CC(NCc2cc(F)ccc2F)CCO1. The molecule has 1 aliphatic rings. The molecule has 2 rings (SSSR count). The average molecular weight is 255 g/mol. The van der Waals surface area contributed by atoms with E-state index in [4.69, 9.17) is 4.74 Å². The fraction of sp³-hybridized carbons (Fsp3) is 0.571. The van der Waals surface area contributed by atoms with Gasteiger partial charge in [0, 0.05) is 24.8 Å². The Morgan fingerprint density at radius 1 is 1.39 bits per heavy atom. The maximum Gasteiger partial charge on any atom is 0.127 e. The van der Waals surface area contributed by atoms with E-state index in [-0.39, 0.29) is 17.5 Å². The molecular formula is C14H19F2NO. The van der Waals surface area contributed by atoms with Crippen molar-refractivity contribution < 1.29 is 13.5 Å². The monoisotopic (exact) mass is 255 g/mol. The molecule has 1 heterocycles. The van der Waals surface area contributed by atoms with Crippen molar-refractivity contribution in [2.45, 2.75) is 44.9 Å². The first-order chi connectivity index (χ1) is 8.46. The summed E-state index contributed by atoms with van der Waals surface area (Å²) in [6.07, 6.45) is 1.78. The molecular weight excluding hydrogens is 236 g/mol. The summed E-state index contributed by atoms with van der Waals surface area (Å²) in [7, 11) is 0. The standard InChI is InChI=1S/C14H19F2NO/c1-14(2)8-12(5-6-18-14)17-9-10-7-11(15)3-4-13(10)16/h3-4,7,12,17H,5-6,8-9H2,1-2H3. The summed E-state index contributed by atoms with van der Waals surface area (Å²) in [5, 5.41) is 3.27. The van der Waals surface area contributed by atoms with Crippen LogP contribution in [0.1, 0.15) is 32.3 Å². The maximum atomic E-state index is 13.4. The van der Waals surface area contributed by atoms with Crippen LogP contribution < -0.4 is 5.32 Å². The van der Waals surface area contributed by atoms with E-state index in [2.05, 4.69) is 5.32 Å². The Balaban J connectivity index is 1.93. The molecule has 0 aromatic heterocycles. The molecule has 1 aromatic carbocycles. The molecule has 100 valence electrons. The lowest BCUT2D eigenvalue weighted by molar-refractivity contribution is -0.0630. The zero-order valence-electron chi connectivity index (χ0n) is 10.8. The number of ether oxygens (including phenoxy) is 1. The van der Waals surface area contributed by atoms with Crippen molar-refractivity contribution in [1.82, 2.24) is 5.32 Å². The molecule has 0 radical (unpaired) electrons. The van der Waals surface area contributed by atoms with Gasteiger partial charge in [0.25, 0.3) is 0 Å². The smallest absolute Gasteiger partial charge is 0.127 e. The van der Waals surface area contributed by atoms with Gasteiger partial charge in [0.2, 0.25) is 0 Å². The predicted octanol–water partition coefficient (Wildman–Crippen LogP) is 3.01. The van der Waals surface area contributed by atoms with E-state index in [0.29, 0.717) is 18.7 Å². The van der Waals surface area contributed by atoms with E-state index in [1.807, 2.05) is 13.8 Å². The minimum atomic E-state index is -0.402. The highest BCUT2D eigenvalue weighted by Crippen LogP contribution is 2.24. The lowest BCUT2D eigenvalue weighted by Crippen LogP contribution is -2.43. The van der Waals surface area contributed by atoms with Crippen LogP contribution in [0.3, 0.4) is 0 Å².